The Bertz CT molecular complexity index is 722. The fourth-order valence-corrected chi connectivity index (χ4v) is 3.59. The fourth-order valence-electron chi connectivity index (χ4n) is 0.959. The highest BCUT2D eigenvalue weighted by atomic mass is 32.3. The van der Waals surface area contributed by atoms with Crippen LogP contribution in [-0.2, 0) is 20.0 Å². The molecule has 0 saturated heterocycles. The largest absolute Gasteiger partial charge is 0.511 e. The summed E-state index contributed by atoms with van der Waals surface area (Å²) in [5, 5.41) is -7.61. The lowest BCUT2D eigenvalue weighted by atomic mass is 10.1. The minimum atomic E-state index is -7.92. The summed E-state index contributed by atoms with van der Waals surface area (Å²) >= 11 is 0. The van der Waals surface area contributed by atoms with Gasteiger partial charge in [0.15, 0.2) is 0 Å². The molecule has 0 amide bonds. The van der Waals surface area contributed by atoms with Crippen molar-refractivity contribution >= 4 is 28.0 Å². The molecule has 0 aliphatic rings. The van der Waals surface area contributed by atoms with Crippen LogP contribution in [0.4, 0.5) is 52.7 Å². The molecule has 0 unspecified atom stereocenters. The van der Waals surface area contributed by atoms with Crippen LogP contribution in [0.1, 0.15) is 0 Å². The van der Waals surface area contributed by atoms with Gasteiger partial charge in [0.1, 0.15) is 0 Å². The van der Waals surface area contributed by atoms with Gasteiger partial charge < -0.3 is 0 Å². The fraction of sp³-hybridized carbons (Fsp3) is 1.00. The van der Waals surface area contributed by atoms with Gasteiger partial charge in [0, 0.05) is 0 Å². The van der Waals surface area contributed by atoms with Gasteiger partial charge in [-0.15, -0.1) is 3.62 Å². The Balaban J connectivity index is 6.54. The SMILES string of the molecule is BN(S(=O)(=O)C(F)(F)F)S(=O)(=O)C(F)(F)C(F)(F)C(F)(F)C(F)(F)F. The molecule has 25 heavy (non-hydrogen) atoms. The zero-order chi connectivity index (χ0) is 21.1. The average molecular weight is 443 g/mol. The Kier molecular flexibility index (Phi) is 5.58. The van der Waals surface area contributed by atoms with E-state index >= 15 is 0 Å². The first kappa shape index (κ1) is 24.1. The molecule has 0 fully saturated rings. The number of sulfonamides is 2. The summed E-state index contributed by atoms with van der Waals surface area (Å²) in [5.41, 5.74) is -6.69. The van der Waals surface area contributed by atoms with Crippen molar-refractivity contribution in [1.29, 1.82) is 0 Å². The Labute approximate surface area is 131 Å². The van der Waals surface area contributed by atoms with Gasteiger partial charge in [0.25, 0.3) is 10.0 Å². The van der Waals surface area contributed by atoms with E-state index in [4.69, 9.17) is 0 Å². The Hall–Kier alpha value is -0.915. The van der Waals surface area contributed by atoms with Crippen LogP contribution in [-0.4, -0.2) is 57.2 Å². The molecule has 0 radical (unpaired) electrons. The van der Waals surface area contributed by atoms with Crippen LogP contribution in [0.5, 0.6) is 0 Å². The third-order valence-corrected chi connectivity index (χ3v) is 6.43. The van der Waals surface area contributed by atoms with Crippen LogP contribution < -0.4 is 0 Å². The van der Waals surface area contributed by atoms with Crippen molar-refractivity contribution in [1.82, 2.24) is 3.62 Å². The molecule has 0 aliphatic heterocycles. The molecule has 20 heteroatoms. The third kappa shape index (κ3) is 3.26. The second-order valence-corrected chi connectivity index (χ2v) is 8.20. The lowest BCUT2D eigenvalue weighted by molar-refractivity contribution is -0.382. The van der Waals surface area contributed by atoms with Crippen LogP contribution in [0.2, 0.25) is 0 Å². The van der Waals surface area contributed by atoms with Crippen molar-refractivity contribution in [3.63, 3.8) is 0 Å². The van der Waals surface area contributed by atoms with E-state index in [-0.39, 0.29) is 0 Å². The van der Waals surface area contributed by atoms with Gasteiger partial charge in [-0.05, 0) is 0 Å². The van der Waals surface area contributed by atoms with Crippen LogP contribution >= 0.6 is 0 Å². The minimum Gasteiger partial charge on any atom is -0.206 e. The Morgan fingerprint density at radius 3 is 1.16 bits per heavy atom. The zero-order valence-electron chi connectivity index (χ0n) is 10.9. The second kappa shape index (κ2) is 5.79. The molecule has 5 nitrogen and oxygen atoms in total. The zero-order valence-corrected chi connectivity index (χ0v) is 12.6. The maximum absolute atomic E-state index is 13.2. The van der Waals surface area contributed by atoms with Gasteiger partial charge in [0.2, 0.25) is 7.98 Å². The summed E-state index contributed by atoms with van der Waals surface area (Å²) in [6.45, 7) is 0. The Morgan fingerprint density at radius 2 is 0.920 bits per heavy atom. The van der Waals surface area contributed by atoms with E-state index in [0.717, 1.165) is 0 Å². The molecule has 0 atom stereocenters. The molecular formula is C5H2BF12NO4S2. The van der Waals surface area contributed by atoms with Crippen molar-refractivity contribution < 1.29 is 69.5 Å². The minimum absolute atomic E-state index is 0.909. The third-order valence-electron chi connectivity index (χ3n) is 2.41. The van der Waals surface area contributed by atoms with Crippen molar-refractivity contribution in [3.8, 4) is 0 Å². The quantitative estimate of drug-likeness (QED) is 0.477. The Morgan fingerprint density at radius 1 is 0.600 bits per heavy atom. The summed E-state index contributed by atoms with van der Waals surface area (Å²) in [4.78, 5) is 0. The van der Waals surface area contributed by atoms with E-state index in [1.54, 1.807) is 0 Å². The predicted octanol–water partition coefficient (Wildman–Crippen LogP) is 1.44. The van der Waals surface area contributed by atoms with E-state index in [2.05, 4.69) is 0 Å². The first-order valence-corrected chi connectivity index (χ1v) is 7.79. The number of nitrogens with zero attached hydrogens (tertiary/aromatic N) is 1. The highest BCUT2D eigenvalue weighted by molar-refractivity contribution is 8.06. The van der Waals surface area contributed by atoms with Gasteiger partial charge in [-0.3, -0.25) is 0 Å². The van der Waals surface area contributed by atoms with Crippen LogP contribution in [0.3, 0.4) is 0 Å². The summed E-state index contributed by atoms with van der Waals surface area (Å²) in [5.74, 6) is -15.6. The summed E-state index contributed by atoms with van der Waals surface area (Å²) < 4.78 is 190. The molecule has 150 valence electrons. The molecule has 0 N–H and O–H groups in total. The summed E-state index contributed by atoms with van der Waals surface area (Å²) in [6.07, 6.45) is -7.46. The van der Waals surface area contributed by atoms with Gasteiger partial charge in [0.05, 0.1) is 0 Å². The van der Waals surface area contributed by atoms with Gasteiger partial charge >= 0.3 is 38.8 Å². The molecule has 0 rings (SSSR count). The van der Waals surface area contributed by atoms with Crippen molar-refractivity contribution in [3.05, 3.63) is 0 Å². The van der Waals surface area contributed by atoms with E-state index in [0.29, 0.717) is 0 Å². The summed E-state index contributed by atoms with van der Waals surface area (Å²) in [6, 6.07) is 0. The van der Waals surface area contributed by atoms with E-state index < -0.39 is 60.4 Å². The maximum atomic E-state index is 13.2. The molecule has 0 aromatic rings. The van der Waals surface area contributed by atoms with E-state index in [1.807, 2.05) is 0 Å². The molecule has 0 heterocycles. The first-order chi connectivity index (χ1) is 10.4. The van der Waals surface area contributed by atoms with Crippen LogP contribution in [0, 0.1) is 0 Å². The smallest absolute Gasteiger partial charge is 0.206 e. The van der Waals surface area contributed by atoms with Gasteiger partial charge in [-0.1, -0.05) is 0 Å². The standard InChI is InChI=1S/C5H2BF12NO4S2/c6-19(25(22,23)5(16,17)18)24(20,21)4(14,15)2(9,10)1(7,8)3(11,12)13/h6H2. The molecule has 0 bridgehead atoms. The average Bonchev–Trinajstić information content (AvgIpc) is 2.34. The summed E-state index contributed by atoms with van der Waals surface area (Å²) in [7, 11) is -16.2. The van der Waals surface area contributed by atoms with Crippen molar-refractivity contribution in [2.24, 2.45) is 0 Å². The molecule has 0 spiro atoms. The van der Waals surface area contributed by atoms with Crippen molar-refractivity contribution in [2.75, 3.05) is 0 Å². The van der Waals surface area contributed by atoms with Crippen LogP contribution in [0.15, 0.2) is 0 Å². The van der Waals surface area contributed by atoms with Gasteiger partial charge in [-0.2, -0.15) is 52.7 Å². The number of rotatable bonds is 5. The number of hydrogen-bond acceptors (Lipinski definition) is 4. The monoisotopic (exact) mass is 443 g/mol. The second-order valence-electron chi connectivity index (χ2n) is 4.00. The highest BCUT2D eigenvalue weighted by Gasteiger charge is 2.86. The first-order valence-electron chi connectivity index (χ1n) is 4.91. The maximum Gasteiger partial charge on any atom is 0.511 e. The van der Waals surface area contributed by atoms with E-state index in [9.17, 15) is 69.5 Å². The normalized spacial score (nSPS) is 16.4. The van der Waals surface area contributed by atoms with Gasteiger partial charge in [-0.25, -0.2) is 16.8 Å². The lowest BCUT2D eigenvalue weighted by Gasteiger charge is -2.34. The topological polar surface area (TPSA) is 71.5 Å². The molecule has 0 aliphatic carbocycles. The number of alkyl halides is 12. The highest BCUT2D eigenvalue weighted by Crippen LogP contribution is 2.55. The molecule has 0 aromatic carbocycles. The molecule has 0 aromatic heterocycles. The molecule has 0 saturated carbocycles. The molecular weight excluding hydrogens is 441 g/mol. The number of hydrogen-bond donors (Lipinski definition) is 0. The number of halogens is 12. The van der Waals surface area contributed by atoms with Crippen molar-refractivity contribution in [2.45, 2.75) is 28.8 Å². The predicted molar refractivity (Wildman–Crippen MR) is 55.2 cm³/mol. The van der Waals surface area contributed by atoms with Crippen LogP contribution in [0.25, 0.3) is 0 Å². The lowest BCUT2D eigenvalue weighted by Crippen LogP contribution is -2.65. The van der Waals surface area contributed by atoms with E-state index in [1.165, 1.54) is 0 Å².